The topological polar surface area (TPSA) is 92.8 Å². The molecule has 4 rings (SSSR count). The first-order valence-electron chi connectivity index (χ1n) is 13.5. The molecule has 2 aliphatic rings. The van der Waals surface area contributed by atoms with E-state index in [1.165, 1.54) is 6.42 Å². The molecule has 0 aliphatic heterocycles. The van der Waals surface area contributed by atoms with Crippen LogP contribution in [0.1, 0.15) is 73.4 Å². The summed E-state index contributed by atoms with van der Waals surface area (Å²) < 4.78 is 12.7. The monoisotopic (exact) mass is 589 g/mol. The highest BCUT2D eigenvalue weighted by atomic mass is 79.9. The normalized spacial score (nSPS) is 17.7. The van der Waals surface area contributed by atoms with Crippen molar-refractivity contribution in [3.8, 4) is 5.75 Å². The predicted octanol–water partition coefficient (Wildman–Crippen LogP) is 6.47. The Bertz CT molecular complexity index is 1090. The quantitative estimate of drug-likeness (QED) is 0.177. The summed E-state index contributed by atoms with van der Waals surface area (Å²) in [6, 6.07) is 6.47. The highest BCUT2D eigenvalue weighted by molar-refractivity contribution is 9.08. The molecule has 0 spiro atoms. The molecule has 2 aliphatic carbocycles. The van der Waals surface area contributed by atoms with Gasteiger partial charge in [-0.2, -0.15) is 0 Å². The van der Waals surface area contributed by atoms with Crippen LogP contribution in [0.25, 0.3) is 0 Å². The summed E-state index contributed by atoms with van der Waals surface area (Å²) in [6.45, 7) is 2.07. The molecule has 208 valence electrons. The molecule has 1 atom stereocenters. The molecule has 1 heterocycles. The number of aromatic nitrogens is 1. The fraction of sp³-hybridized carbons (Fsp3) is 0.533. The first-order valence-corrected chi connectivity index (χ1v) is 15.1. The number of carboxylic acid groups (broad SMARTS) is 1. The zero-order valence-electron chi connectivity index (χ0n) is 22.9. The van der Waals surface area contributed by atoms with Crippen LogP contribution in [-0.4, -0.2) is 58.7 Å². The van der Waals surface area contributed by atoms with Gasteiger partial charge in [-0.3, -0.25) is 0 Å². The van der Waals surface area contributed by atoms with Gasteiger partial charge in [0.05, 0.1) is 39.0 Å². The molecule has 0 saturated heterocycles. The number of hydrogen-bond donors (Lipinski definition) is 2. The van der Waals surface area contributed by atoms with Crippen LogP contribution in [0.4, 0.5) is 0 Å². The third-order valence-corrected chi connectivity index (χ3v) is 7.37. The van der Waals surface area contributed by atoms with Gasteiger partial charge in [0, 0.05) is 12.3 Å². The Morgan fingerprint density at radius 2 is 1.87 bits per heavy atom. The van der Waals surface area contributed by atoms with Gasteiger partial charge in [0.15, 0.2) is 11.4 Å². The fourth-order valence-corrected chi connectivity index (χ4v) is 5.38. The maximum absolute atomic E-state index is 12.0. The van der Waals surface area contributed by atoms with Gasteiger partial charge in [0.2, 0.25) is 5.89 Å². The van der Waals surface area contributed by atoms with Crippen molar-refractivity contribution in [3.05, 3.63) is 71.5 Å². The van der Waals surface area contributed by atoms with Crippen molar-refractivity contribution in [1.82, 2.24) is 4.98 Å². The van der Waals surface area contributed by atoms with Crippen LogP contribution < -0.4 is 4.74 Å². The van der Waals surface area contributed by atoms with Crippen molar-refractivity contribution in [1.29, 1.82) is 0 Å². The van der Waals surface area contributed by atoms with E-state index < -0.39 is 11.6 Å². The molecule has 2 N–H and O–H groups in total. The molecule has 1 fully saturated rings. The van der Waals surface area contributed by atoms with Gasteiger partial charge in [-0.1, -0.05) is 53.4 Å². The van der Waals surface area contributed by atoms with Crippen LogP contribution in [-0.2, 0) is 12.1 Å². The van der Waals surface area contributed by atoms with Gasteiger partial charge in [0.25, 0.3) is 0 Å². The second kappa shape index (κ2) is 14.1. The van der Waals surface area contributed by atoms with Crippen LogP contribution in [0.2, 0.25) is 0 Å². The van der Waals surface area contributed by atoms with Crippen molar-refractivity contribution in [2.24, 2.45) is 5.92 Å². The summed E-state index contributed by atoms with van der Waals surface area (Å²) in [7, 11) is 4.28. The third kappa shape index (κ3) is 7.80. The molecule has 0 bridgehead atoms. The molecule has 8 heteroatoms. The smallest absolute Gasteiger partial charge is 0.335 e. The number of hydrogen-bond acceptors (Lipinski definition) is 5. The molecule has 7 nitrogen and oxygen atoms in total. The van der Waals surface area contributed by atoms with Gasteiger partial charge in [-0.25, -0.2) is 9.78 Å². The zero-order chi connectivity index (χ0) is 27.6. The highest BCUT2D eigenvalue weighted by Gasteiger charge is 2.45. The first kappa shape index (κ1) is 30.1. The van der Waals surface area contributed by atoms with Crippen LogP contribution in [0.15, 0.2) is 58.7 Å². The van der Waals surface area contributed by atoms with Crippen LogP contribution in [0, 0.1) is 5.92 Å². The Balaban J connectivity index is 0.00000195. The number of aliphatic hydroxyl groups is 1. The Morgan fingerprint density at radius 3 is 2.50 bits per heavy atom. The minimum Gasteiger partial charge on any atom is -0.493 e. The van der Waals surface area contributed by atoms with Gasteiger partial charge >= 0.3 is 5.97 Å². The fourth-order valence-electron chi connectivity index (χ4n) is 5.38. The lowest BCUT2D eigenvalue weighted by atomic mass is 9.72. The Kier molecular flexibility index (Phi) is 11.2. The number of halogens is 1. The van der Waals surface area contributed by atoms with Crippen LogP contribution >= 0.6 is 15.9 Å². The number of ether oxygens (including phenoxy) is 1. The van der Waals surface area contributed by atoms with Gasteiger partial charge < -0.3 is 23.9 Å². The predicted molar refractivity (Wildman–Crippen MR) is 152 cm³/mol. The summed E-state index contributed by atoms with van der Waals surface area (Å²) in [5, 5.41) is 21.0. The number of benzene rings is 1. The second-order valence-corrected chi connectivity index (χ2v) is 10.7. The number of allylic oxidation sites excluding steroid dienone is 2. The number of carboxylic acids is 1. The average Bonchev–Trinajstić information content (AvgIpc) is 3.41. The molecular weight excluding hydrogens is 548 g/mol. The third-order valence-electron chi connectivity index (χ3n) is 7.37. The van der Waals surface area contributed by atoms with E-state index in [0.29, 0.717) is 29.3 Å². The molecule has 1 saturated carbocycles. The van der Waals surface area contributed by atoms with Crippen molar-refractivity contribution in [2.45, 2.75) is 63.5 Å². The lowest BCUT2D eigenvalue weighted by molar-refractivity contribution is -0.904. The summed E-state index contributed by atoms with van der Waals surface area (Å²) in [6.07, 6.45) is 16.3. The first-order chi connectivity index (χ1) is 18.3. The summed E-state index contributed by atoms with van der Waals surface area (Å²) in [5.41, 5.74) is 0.00521. The number of rotatable bonds is 11. The lowest BCUT2D eigenvalue weighted by Crippen LogP contribution is -2.40. The Morgan fingerprint density at radius 1 is 1.16 bits per heavy atom. The number of nitrogens with zero attached hydrogens (tertiary/aromatic N) is 2. The van der Waals surface area contributed by atoms with Crippen molar-refractivity contribution in [3.63, 3.8) is 0 Å². The molecule has 2 aromatic rings. The average molecular weight is 591 g/mol. The van der Waals surface area contributed by atoms with E-state index in [2.05, 4.69) is 53.2 Å². The maximum atomic E-state index is 12.0. The summed E-state index contributed by atoms with van der Waals surface area (Å²) >= 11 is 2.94. The van der Waals surface area contributed by atoms with E-state index in [4.69, 9.17) is 14.3 Å². The number of alkyl halides is 1. The number of aromatic carboxylic acids is 1. The van der Waals surface area contributed by atoms with Gasteiger partial charge in [-0.05, 0) is 61.4 Å². The van der Waals surface area contributed by atoms with E-state index in [9.17, 15) is 9.90 Å². The van der Waals surface area contributed by atoms with E-state index in [1.807, 2.05) is 5.83 Å². The minimum absolute atomic E-state index is 0.121. The summed E-state index contributed by atoms with van der Waals surface area (Å²) in [5.74, 6) is 2.85. The van der Waals surface area contributed by atoms with E-state index in [0.717, 1.165) is 62.8 Å². The second-order valence-electron chi connectivity index (χ2n) is 10.7. The molecule has 0 unspecified atom stereocenters. The van der Waals surface area contributed by atoms with Gasteiger partial charge in [-0.15, -0.1) is 0 Å². The van der Waals surface area contributed by atoms with E-state index in [1.54, 1.807) is 30.5 Å². The molecule has 1 aromatic carbocycles. The lowest BCUT2D eigenvalue weighted by Gasteiger charge is -2.37. The minimum atomic E-state index is -1.17. The van der Waals surface area contributed by atoms with E-state index in [-0.39, 0.29) is 11.5 Å². The molecule has 0 radical (unpaired) electrons. The van der Waals surface area contributed by atoms with Crippen LogP contribution in [0.5, 0.6) is 5.75 Å². The standard InChI is InChI=1S/C29H38N2O5.CH3Br/c1-31(2,18-9-19-35-25-16-14-22(15-17-25)27(32)33)21-26-20-30-28(36-26)29(34,23-10-5-3-6-11-23)24-12-7-4-8-13-24;1-2/h5,10-11,14-17,20,24,34H,3-4,6-9,12-13,18-19,21H2,1-2H3;1H3/p+1/t29-;/m0./s1. The van der Waals surface area contributed by atoms with Crippen molar-refractivity contribution >= 4 is 21.9 Å². The number of quaternary nitrogens is 1. The number of carbonyl (C=O) groups is 1. The van der Waals surface area contributed by atoms with Crippen molar-refractivity contribution in [2.75, 3.05) is 33.1 Å². The zero-order valence-corrected chi connectivity index (χ0v) is 24.5. The van der Waals surface area contributed by atoms with Crippen LogP contribution in [0.3, 0.4) is 0 Å². The SMILES string of the molecule is CBr.C[N+](C)(CCCOc1ccc(C(=O)O)cc1)Cc1cnc([C@](O)(C2=CCCC=C2)C2CCCCC2)o1. The van der Waals surface area contributed by atoms with E-state index >= 15 is 0 Å². The Labute approximate surface area is 234 Å². The molecular formula is C30H42BrN2O5+. The molecule has 1 aromatic heterocycles. The number of oxazole rings is 1. The maximum Gasteiger partial charge on any atom is 0.335 e. The molecule has 0 amide bonds. The van der Waals surface area contributed by atoms with Gasteiger partial charge in [0.1, 0.15) is 12.3 Å². The largest absolute Gasteiger partial charge is 0.493 e. The summed E-state index contributed by atoms with van der Waals surface area (Å²) in [4.78, 5) is 15.6. The van der Waals surface area contributed by atoms with Crippen molar-refractivity contribution < 1.29 is 28.6 Å². The molecule has 38 heavy (non-hydrogen) atoms. The highest BCUT2D eigenvalue weighted by Crippen LogP contribution is 2.45. The Hall–Kier alpha value is -2.42.